The standard InChI is InChI=1S/C27H21F3N6OS/c28-27(29,30)19-6-9-24(33-14-19)37-21-3-1-2-18(13-21)12-17-4-7-20(8-5-17)35-25(34-16-31)26-36-22-15-32-11-10-23(22)38-26/h1-3,6,9-15,20H,4-5,7-8H2,(H,34,35). The van der Waals surface area contributed by atoms with Gasteiger partial charge >= 0.3 is 6.18 Å². The maximum Gasteiger partial charge on any atom is 0.417 e. The molecule has 0 atom stereocenters. The number of aliphatic imine (C=N–C) groups is 1. The summed E-state index contributed by atoms with van der Waals surface area (Å²) in [5.41, 5.74) is 2.16. The Morgan fingerprint density at radius 3 is 2.71 bits per heavy atom. The molecule has 1 aliphatic carbocycles. The summed E-state index contributed by atoms with van der Waals surface area (Å²) in [5, 5.41) is 13.2. The van der Waals surface area contributed by atoms with Crippen LogP contribution < -0.4 is 10.1 Å². The third kappa shape index (κ3) is 6.15. The highest BCUT2D eigenvalue weighted by molar-refractivity contribution is 7.20. The van der Waals surface area contributed by atoms with Crippen LogP contribution in [0.4, 0.5) is 13.2 Å². The van der Waals surface area contributed by atoms with Gasteiger partial charge in [-0.25, -0.2) is 9.97 Å². The molecule has 1 saturated carbocycles. The summed E-state index contributed by atoms with van der Waals surface area (Å²) < 4.78 is 44.9. The van der Waals surface area contributed by atoms with Gasteiger partial charge in [0, 0.05) is 24.5 Å². The van der Waals surface area contributed by atoms with E-state index in [1.807, 2.05) is 30.5 Å². The van der Waals surface area contributed by atoms with Crippen molar-refractivity contribution in [2.75, 3.05) is 0 Å². The molecule has 0 radical (unpaired) electrons. The van der Waals surface area contributed by atoms with Gasteiger partial charge in [0.2, 0.25) is 12.1 Å². The summed E-state index contributed by atoms with van der Waals surface area (Å²) in [6, 6.07) is 11.5. The number of hydrogen-bond acceptors (Lipinski definition) is 7. The zero-order valence-electron chi connectivity index (χ0n) is 19.9. The van der Waals surface area contributed by atoms with Crippen LogP contribution in [0.2, 0.25) is 0 Å². The van der Waals surface area contributed by atoms with E-state index in [0.717, 1.165) is 53.7 Å². The van der Waals surface area contributed by atoms with Gasteiger partial charge in [0.15, 0.2) is 10.8 Å². The predicted octanol–water partition coefficient (Wildman–Crippen LogP) is 6.74. The fraction of sp³-hybridized carbons (Fsp3) is 0.222. The van der Waals surface area contributed by atoms with Crippen molar-refractivity contribution in [3.63, 3.8) is 0 Å². The van der Waals surface area contributed by atoms with Crippen LogP contribution in [-0.4, -0.2) is 26.8 Å². The van der Waals surface area contributed by atoms with Crippen molar-refractivity contribution >= 4 is 33.5 Å². The number of rotatable bonds is 5. The normalized spacial score (nSPS) is 16.2. The largest absolute Gasteiger partial charge is 0.439 e. The number of thiazole rings is 1. The Bertz CT molecular complexity index is 1500. The van der Waals surface area contributed by atoms with Crippen LogP contribution in [0.3, 0.4) is 0 Å². The molecule has 1 aliphatic rings. The zero-order chi connectivity index (χ0) is 26.5. The molecule has 4 aromatic rings. The van der Waals surface area contributed by atoms with E-state index < -0.39 is 11.7 Å². The van der Waals surface area contributed by atoms with Crippen molar-refractivity contribution in [1.29, 1.82) is 5.26 Å². The molecule has 0 bridgehead atoms. The second-order valence-electron chi connectivity index (χ2n) is 8.70. The van der Waals surface area contributed by atoms with E-state index in [9.17, 15) is 18.4 Å². The number of allylic oxidation sites excluding steroid dienone is 1. The molecule has 3 aromatic heterocycles. The summed E-state index contributed by atoms with van der Waals surface area (Å²) in [5.74, 6) is 1.06. The predicted molar refractivity (Wildman–Crippen MR) is 139 cm³/mol. The van der Waals surface area contributed by atoms with Crippen LogP contribution in [0.15, 0.2) is 71.6 Å². The molecule has 5 rings (SSSR count). The minimum Gasteiger partial charge on any atom is -0.439 e. The minimum atomic E-state index is -4.44. The van der Waals surface area contributed by atoms with Gasteiger partial charge in [-0.2, -0.15) is 23.4 Å². The molecule has 0 unspecified atom stereocenters. The fourth-order valence-electron chi connectivity index (χ4n) is 4.18. The zero-order valence-corrected chi connectivity index (χ0v) is 20.8. The Hall–Kier alpha value is -4.30. The first-order valence-electron chi connectivity index (χ1n) is 11.8. The minimum absolute atomic E-state index is 0.0913. The van der Waals surface area contributed by atoms with Crippen LogP contribution >= 0.6 is 11.3 Å². The number of hydrogen-bond donors (Lipinski definition) is 1. The van der Waals surface area contributed by atoms with E-state index in [2.05, 4.69) is 31.3 Å². The second kappa shape index (κ2) is 11.0. The Morgan fingerprint density at radius 2 is 2.00 bits per heavy atom. The average molecular weight is 535 g/mol. The lowest BCUT2D eigenvalue weighted by atomic mass is 9.89. The molecule has 7 nitrogen and oxygen atoms in total. The quantitative estimate of drug-likeness (QED) is 0.173. The van der Waals surface area contributed by atoms with Gasteiger partial charge in [-0.1, -0.05) is 23.8 Å². The fourth-order valence-corrected chi connectivity index (χ4v) is 5.06. The SMILES string of the molecule is N#CN=C(NC1CCC(=Cc2cccc(Oc3ccc(C(F)(F)F)cn3)c2)CC1)c1nc2cnccc2s1. The summed E-state index contributed by atoms with van der Waals surface area (Å²) >= 11 is 1.47. The van der Waals surface area contributed by atoms with E-state index in [4.69, 9.17) is 4.74 Å². The van der Waals surface area contributed by atoms with Gasteiger partial charge in [0.1, 0.15) is 11.3 Å². The molecule has 0 spiro atoms. The van der Waals surface area contributed by atoms with E-state index in [0.29, 0.717) is 16.6 Å². The Kier molecular flexibility index (Phi) is 7.33. The van der Waals surface area contributed by atoms with Gasteiger partial charge < -0.3 is 10.1 Å². The number of ether oxygens (including phenoxy) is 1. The van der Waals surface area contributed by atoms with Crippen molar-refractivity contribution in [2.24, 2.45) is 4.99 Å². The lowest BCUT2D eigenvalue weighted by Gasteiger charge is -2.25. The van der Waals surface area contributed by atoms with Gasteiger partial charge in [-0.05, 0) is 55.5 Å². The molecule has 0 saturated heterocycles. The molecule has 0 aliphatic heterocycles. The summed E-state index contributed by atoms with van der Waals surface area (Å²) in [6.07, 6.45) is 7.17. The van der Waals surface area contributed by atoms with E-state index in [1.165, 1.54) is 23.0 Å². The van der Waals surface area contributed by atoms with Crippen molar-refractivity contribution in [2.45, 2.75) is 37.9 Å². The lowest BCUT2D eigenvalue weighted by Crippen LogP contribution is -2.37. The summed E-state index contributed by atoms with van der Waals surface area (Å²) in [4.78, 5) is 16.4. The van der Waals surface area contributed by atoms with Crippen LogP contribution in [0, 0.1) is 11.5 Å². The maximum absolute atomic E-state index is 12.7. The van der Waals surface area contributed by atoms with Crippen LogP contribution in [-0.2, 0) is 6.18 Å². The number of amidine groups is 1. The Balaban J connectivity index is 1.20. The highest BCUT2D eigenvalue weighted by Gasteiger charge is 2.30. The number of nitrogens with zero attached hydrogens (tertiary/aromatic N) is 5. The van der Waals surface area contributed by atoms with Crippen molar-refractivity contribution in [1.82, 2.24) is 20.3 Å². The van der Waals surface area contributed by atoms with Gasteiger partial charge in [0.05, 0.1) is 16.5 Å². The lowest BCUT2D eigenvalue weighted by molar-refractivity contribution is -0.137. The Labute approximate surface area is 220 Å². The monoisotopic (exact) mass is 534 g/mol. The maximum atomic E-state index is 12.7. The van der Waals surface area contributed by atoms with Crippen LogP contribution in [0.25, 0.3) is 16.3 Å². The third-order valence-electron chi connectivity index (χ3n) is 6.04. The van der Waals surface area contributed by atoms with E-state index in [1.54, 1.807) is 18.5 Å². The highest BCUT2D eigenvalue weighted by Crippen LogP contribution is 2.31. The average Bonchev–Trinajstić information content (AvgIpc) is 3.34. The number of alkyl halides is 3. The molecule has 1 N–H and O–H groups in total. The molecule has 38 heavy (non-hydrogen) atoms. The van der Waals surface area contributed by atoms with Crippen molar-refractivity contribution < 1.29 is 17.9 Å². The molecular weight excluding hydrogens is 513 g/mol. The molecule has 1 aromatic carbocycles. The second-order valence-corrected chi connectivity index (χ2v) is 9.73. The van der Waals surface area contributed by atoms with E-state index >= 15 is 0 Å². The van der Waals surface area contributed by atoms with Crippen molar-refractivity contribution in [3.05, 3.63) is 82.8 Å². The number of nitriles is 1. The van der Waals surface area contributed by atoms with Gasteiger partial charge in [-0.15, -0.1) is 11.3 Å². The van der Waals surface area contributed by atoms with Gasteiger partial charge in [-0.3, -0.25) is 4.98 Å². The number of benzene rings is 1. The topological polar surface area (TPSA) is 96.1 Å². The molecule has 11 heteroatoms. The highest BCUT2D eigenvalue weighted by atomic mass is 32.1. The first kappa shape index (κ1) is 25.4. The smallest absolute Gasteiger partial charge is 0.417 e. The van der Waals surface area contributed by atoms with Gasteiger partial charge in [0.25, 0.3) is 0 Å². The Morgan fingerprint density at radius 1 is 1.16 bits per heavy atom. The molecule has 192 valence electrons. The molecular formula is C27H21F3N6OS. The summed E-state index contributed by atoms with van der Waals surface area (Å²) in [7, 11) is 0. The summed E-state index contributed by atoms with van der Waals surface area (Å²) in [6.45, 7) is 0. The number of halogens is 3. The van der Waals surface area contributed by atoms with Crippen LogP contribution in [0.1, 0.15) is 41.8 Å². The first-order valence-corrected chi connectivity index (χ1v) is 12.6. The first-order chi connectivity index (χ1) is 18.4. The third-order valence-corrected chi connectivity index (χ3v) is 7.08. The number of nitrogens with one attached hydrogen (secondary N) is 1. The molecule has 3 heterocycles. The number of fused-ring (bicyclic) bond motifs is 1. The van der Waals surface area contributed by atoms with Crippen molar-refractivity contribution in [3.8, 4) is 17.8 Å². The van der Waals surface area contributed by atoms with Crippen LogP contribution in [0.5, 0.6) is 11.6 Å². The molecule has 1 fully saturated rings. The molecule has 0 amide bonds. The van der Waals surface area contributed by atoms with E-state index in [-0.39, 0.29) is 11.9 Å². The number of pyridine rings is 2. The number of aromatic nitrogens is 3.